The molecule has 0 aliphatic carbocycles. The molecule has 0 spiro atoms. The van der Waals surface area contributed by atoms with Gasteiger partial charge in [0.15, 0.2) is 0 Å². The van der Waals surface area contributed by atoms with Gasteiger partial charge in [0, 0.05) is 34.7 Å². The highest BCUT2D eigenvalue weighted by atomic mass is 79.9. The molecule has 5 heteroatoms. The minimum Gasteiger partial charge on any atom is -0.339 e. The second-order valence-corrected chi connectivity index (χ2v) is 7.29. The van der Waals surface area contributed by atoms with Gasteiger partial charge in [-0.2, -0.15) is 0 Å². The lowest BCUT2D eigenvalue weighted by Gasteiger charge is -2.31. The number of halogens is 1. The molecule has 130 valence electrons. The largest absolute Gasteiger partial charge is 0.339 e. The molecule has 1 heterocycles. The molecule has 2 amide bonds. The third-order valence-corrected chi connectivity index (χ3v) is 5.17. The van der Waals surface area contributed by atoms with Crippen LogP contribution in [-0.2, 0) is 4.79 Å². The molecular formula is C20H21BrN2O2. The van der Waals surface area contributed by atoms with Crippen molar-refractivity contribution < 1.29 is 9.59 Å². The molecule has 4 nitrogen and oxygen atoms in total. The van der Waals surface area contributed by atoms with Gasteiger partial charge in [-0.25, -0.2) is 0 Å². The molecule has 2 aromatic carbocycles. The summed E-state index contributed by atoms with van der Waals surface area (Å²) in [5.41, 5.74) is 2.54. The van der Waals surface area contributed by atoms with Crippen molar-refractivity contribution in [2.75, 3.05) is 18.4 Å². The fourth-order valence-corrected chi connectivity index (χ4v) is 3.37. The van der Waals surface area contributed by atoms with Gasteiger partial charge in [-0.1, -0.05) is 34.1 Å². The summed E-state index contributed by atoms with van der Waals surface area (Å²) in [4.78, 5) is 26.9. The predicted octanol–water partition coefficient (Wildman–Crippen LogP) is 4.25. The molecule has 3 rings (SSSR count). The third kappa shape index (κ3) is 4.28. The maximum Gasteiger partial charge on any atom is 0.254 e. The Hall–Kier alpha value is -2.14. The lowest BCUT2D eigenvalue weighted by Crippen LogP contribution is -2.41. The van der Waals surface area contributed by atoms with Crippen molar-refractivity contribution in [3.8, 4) is 0 Å². The van der Waals surface area contributed by atoms with Gasteiger partial charge in [0.05, 0.1) is 0 Å². The van der Waals surface area contributed by atoms with Crippen LogP contribution >= 0.6 is 15.9 Å². The van der Waals surface area contributed by atoms with E-state index < -0.39 is 0 Å². The van der Waals surface area contributed by atoms with E-state index in [0.29, 0.717) is 25.9 Å². The van der Waals surface area contributed by atoms with Crippen LogP contribution in [0.5, 0.6) is 0 Å². The highest BCUT2D eigenvalue weighted by Gasteiger charge is 2.28. The summed E-state index contributed by atoms with van der Waals surface area (Å²) >= 11 is 3.38. The van der Waals surface area contributed by atoms with Crippen LogP contribution in [0.4, 0.5) is 5.69 Å². The average Bonchev–Trinajstić information content (AvgIpc) is 2.63. The predicted molar refractivity (Wildman–Crippen MR) is 103 cm³/mol. The van der Waals surface area contributed by atoms with E-state index in [1.54, 1.807) is 0 Å². The smallest absolute Gasteiger partial charge is 0.254 e. The van der Waals surface area contributed by atoms with Crippen molar-refractivity contribution in [1.82, 2.24) is 4.90 Å². The number of aryl methyl sites for hydroxylation is 1. The maximum atomic E-state index is 12.6. The van der Waals surface area contributed by atoms with E-state index >= 15 is 0 Å². The van der Waals surface area contributed by atoms with Gasteiger partial charge in [-0.05, 0) is 55.7 Å². The monoisotopic (exact) mass is 400 g/mol. The van der Waals surface area contributed by atoms with Gasteiger partial charge in [0.2, 0.25) is 5.91 Å². The van der Waals surface area contributed by atoms with E-state index in [1.807, 2.05) is 60.4 Å². The molecule has 0 atom stereocenters. The number of carbonyl (C=O) groups is 2. The number of anilines is 1. The molecule has 0 saturated carbocycles. The SMILES string of the molecule is Cc1ccccc1C(=O)N1CCC(C(=O)Nc2ccc(Br)cc2)CC1. The zero-order valence-electron chi connectivity index (χ0n) is 14.2. The Balaban J connectivity index is 1.56. The molecule has 1 N–H and O–H groups in total. The van der Waals surface area contributed by atoms with E-state index in [4.69, 9.17) is 0 Å². The fraction of sp³-hybridized carbons (Fsp3) is 0.300. The van der Waals surface area contributed by atoms with Crippen molar-refractivity contribution in [1.29, 1.82) is 0 Å². The molecule has 1 aliphatic heterocycles. The molecule has 25 heavy (non-hydrogen) atoms. The second-order valence-electron chi connectivity index (χ2n) is 6.38. The van der Waals surface area contributed by atoms with Gasteiger partial charge < -0.3 is 10.2 Å². The molecule has 0 radical (unpaired) electrons. The topological polar surface area (TPSA) is 49.4 Å². The Labute approximate surface area is 156 Å². The number of nitrogens with one attached hydrogen (secondary N) is 1. The Morgan fingerprint density at radius 2 is 1.68 bits per heavy atom. The number of benzene rings is 2. The lowest BCUT2D eigenvalue weighted by atomic mass is 9.95. The van der Waals surface area contributed by atoms with Crippen LogP contribution in [0.25, 0.3) is 0 Å². The summed E-state index contributed by atoms with van der Waals surface area (Å²) in [6, 6.07) is 15.2. The number of hydrogen-bond donors (Lipinski definition) is 1. The Morgan fingerprint density at radius 1 is 1.04 bits per heavy atom. The van der Waals surface area contributed by atoms with Gasteiger partial charge in [-0.15, -0.1) is 0 Å². The van der Waals surface area contributed by atoms with Crippen LogP contribution in [-0.4, -0.2) is 29.8 Å². The summed E-state index contributed by atoms with van der Waals surface area (Å²) in [6.07, 6.45) is 1.39. The Kier molecular flexibility index (Phi) is 5.53. The first-order valence-corrected chi connectivity index (χ1v) is 9.25. The van der Waals surface area contributed by atoms with E-state index in [9.17, 15) is 9.59 Å². The number of rotatable bonds is 3. The first kappa shape index (κ1) is 17.7. The number of piperidine rings is 1. The summed E-state index contributed by atoms with van der Waals surface area (Å²) < 4.78 is 0.980. The van der Waals surface area contributed by atoms with Crippen molar-refractivity contribution >= 4 is 33.4 Å². The van der Waals surface area contributed by atoms with Crippen LogP contribution in [0.3, 0.4) is 0 Å². The van der Waals surface area contributed by atoms with Gasteiger partial charge >= 0.3 is 0 Å². The van der Waals surface area contributed by atoms with Crippen molar-refractivity contribution in [3.63, 3.8) is 0 Å². The standard InChI is InChI=1S/C20H21BrN2O2/c1-14-4-2-3-5-18(14)20(25)23-12-10-15(11-13-23)19(24)22-17-8-6-16(21)7-9-17/h2-9,15H,10-13H2,1H3,(H,22,24). The number of amides is 2. The van der Waals surface area contributed by atoms with Crippen LogP contribution < -0.4 is 5.32 Å². The van der Waals surface area contributed by atoms with E-state index in [1.165, 1.54) is 0 Å². The van der Waals surface area contributed by atoms with Gasteiger partial charge in [0.1, 0.15) is 0 Å². The first-order valence-electron chi connectivity index (χ1n) is 8.46. The first-order chi connectivity index (χ1) is 12.0. The summed E-state index contributed by atoms with van der Waals surface area (Å²) in [7, 11) is 0. The molecule has 1 aliphatic rings. The van der Waals surface area contributed by atoms with Crippen LogP contribution in [0.1, 0.15) is 28.8 Å². The second kappa shape index (κ2) is 7.83. The zero-order chi connectivity index (χ0) is 17.8. The van der Waals surface area contributed by atoms with Gasteiger partial charge in [0.25, 0.3) is 5.91 Å². The van der Waals surface area contributed by atoms with Crippen LogP contribution in [0, 0.1) is 12.8 Å². The van der Waals surface area contributed by atoms with Crippen LogP contribution in [0.15, 0.2) is 53.0 Å². The minimum atomic E-state index is -0.0513. The number of hydrogen-bond acceptors (Lipinski definition) is 2. The van der Waals surface area contributed by atoms with E-state index in [0.717, 1.165) is 21.3 Å². The molecule has 2 aromatic rings. The van der Waals surface area contributed by atoms with Crippen molar-refractivity contribution in [2.24, 2.45) is 5.92 Å². The molecule has 0 aromatic heterocycles. The van der Waals surface area contributed by atoms with E-state index in [-0.39, 0.29) is 17.7 Å². The zero-order valence-corrected chi connectivity index (χ0v) is 15.8. The quantitative estimate of drug-likeness (QED) is 0.836. The molecular weight excluding hydrogens is 380 g/mol. The molecule has 1 fully saturated rings. The van der Waals surface area contributed by atoms with Crippen molar-refractivity contribution in [2.45, 2.75) is 19.8 Å². The number of likely N-dealkylation sites (tertiary alicyclic amines) is 1. The van der Waals surface area contributed by atoms with Crippen molar-refractivity contribution in [3.05, 3.63) is 64.1 Å². The fourth-order valence-electron chi connectivity index (χ4n) is 3.11. The Bertz CT molecular complexity index is 766. The van der Waals surface area contributed by atoms with Gasteiger partial charge in [-0.3, -0.25) is 9.59 Å². The van der Waals surface area contributed by atoms with Crippen LogP contribution in [0.2, 0.25) is 0 Å². The highest BCUT2D eigenvalue weighted by molar-refractivity contribution is 9.10. The summed E-state index contributed by atoms with van der Waals surface area (Å²) in [5, 5.41) is 2.96. The highest BCUT2D eigenvalue weighted by Crippen LogP contribution is 2.22. The molecule has 1 saturated heterocycles. The summed E-state index contributed by atoms with van der Waals surface area (Å²) in [6.45, 7) is 3.18. The third-order valence-electron chi connectivity index (χ3n) is 4.64. The lowest BCUT2D eigenvalue weighted by molar-refractivity contribution is -0.121. The summed E-state index contributed by atoms with van der Waals surface area (Å²) in [5.74, 6) is 0.0414. The number of carbonyl (C=O) groups excluding carboxylic acids is 2. The van der Waals surface area contributed by atoms with E-state index in [2.05, 4.69) is 21.2 Å². The average molecular weight is 401 g/mol. The maximum absolute atomic E-state index is 12.6. The number of nitrogens with zero attached hydrogens (tertiary/aromatic N) is 1. The molecule has 0 unspecified atom stereocenters. The molecule has 0 bridgehead atoms. The Morgan fingerprint density at radius 3 is 2.32 bits per heavy atom. The minimum absolute atomic E-state index is 0.0327. The normalized spacial score (nSPS) is 15.0.